The Morgan fingerprint density at radius 2 is 1.82 bits per heavy atom. The van der Waals surface area contributed by atoms with Crippen LogP contribution >= 0.6 is 11.3 Å². The lowest BCUT2D eigenvalue weighted by atomic mass is 10.1. The topological polar surface area (TPSA) is 98.2 Å². The van der Waals surface area contributed by atoms with E-state index in [4.69, 9.17) is 9.47 Å². The Hall–Kier alpha value is -4.02. The van der Waals surface area contributed by atoms with E-state index in [0.717, 1.165) is 34.5 Å². The highest BCUT2D eigenvalue weighted by molar-refractivity contribution is 7.09. The molecule has 1 N–H and O–H groups in total. The highest BCUT2D eigenvalue weighted by Crippen LogP contribution is 2.28. The molecule has 3 heterocycles. The number of nitrogens with one attached hydrogen (secondary N) is 1. The molecule has 196 valence electrons. The van der Waals surface area contributed by atoms with Gasteiger partial charge in [0.25, 0.3) is 5.56 Å². The normalized spacial score (nSPS) is 12.2. The van der Waals surface area contributed by atoms with Gasteiger partial charge in [-0.25, -0.2) is 4.68 Å². The number of hydrogen-bond donors (Lipinski definition) is 1. The maximum Gasteiger partial charge on any atom is 0.252 e. The molecule has 9 nitrogen and oxygen atoms in total. The first-order valence-electron chi connectivity index (χ1n) is 12.4. The summed E-state index contributed by atoms with van der Waals surface area (Å²) in [5.41, 5.74) is 2.39. The van der Waals surface area contributed by atoms with E-state index in [1.54, 1.807) is 25.6 Å². The van der Waals surface area contributed by atoms with Crippen LogP contribution < -0.4 is 15.0 Å². The Morgan fingerprint density at radius 3 is 2.53 bits per heavy atom. The molecule has 0 bridgehead atoms. The first-order chi connectivity index (χ1) is 18.6. The van der Waals surface area contributed by atoms with Gasteiger partial charge in [-0.05, 0) is 69.6 Å². The Balaban J connectivity index is 1.47. The van der Waals surface area contributed by atoms with Gasteiger partial charge in [0.05, 0.1) is 32.3 Å². The highest BCUT2D eigenvalue weighted by atomic mass is 32.1. The van der Waals surface area contributed by atoms with Gasteiger partial charge in [0, 0.05) is 29.6 Å². The van der Waals surface area contributed by atoms with Crippen LogP contribution in [-0.2, 0) is 19.6 Å². The van der Waals surface area contributed by atoms with E-state index in [0.29, 0.717) is 30.9 Å². The number of ether oxygens (including phenoxy) is 2. The molecule has 1 atom stereocenters. The zero-order valence-electron chi connectivity index (χ0n) is 21.6. The summed E-state index contributed by atoms with van der Waals surface area (Å²) in [6, 6.07) is 19.6. The van der Waals surface area contributed by atoms with Crippen molar-refractivity contribution in [3.8, 4) is 11.5 Å². The Bertz CT molecular complexity index is 1550. The van der Waals surface area contributed by atoms with Crippen LogP contribution in [0.4, 0.5) is 0 Å². The second-order valence-electron chi connectivity index (χ2n) is 9.03. The standard InChI is InChI=1S/C28H30N6O3S/c1-4-26(27-30-31-32-34(27)16-19-7-10-22(36-2)11-8-19)33(18-24-6-5-13-38-24)17-21-14-20-9-12-23(37-3)15-25(20)29-28(21)35/h5-15,26H,4,16-18H2,1-3H3,(H,29,35). The van der Waals surface area contributed by atoms with Crippen LogP contribution in [0, 0.1) is 0 Å². The predicted octanol–water partition coefficient (Wildman–Crippen LogP) is 4.80. The number of benzene rings is 2. The molecule has 0 saturated heterocycles. The largest absolute Gasteiger partial charge is 0.497 e. The first kappa shape index (κ1) is 25.6. The summed E-state index contributed by atoms with van der Waals surface area (Å²) >= 11 is 1.70. The van der Waals surface area contributed by atoms with Gasteiger partial charge in [0.2, 0.25) is 0 Å². The van der Waals surface area contributed by atoms with Crippen molar-refractivity contribution in [3.05, 3.63) is 98.2 Å². The van der Waals surface area contributed by atoms with Crippen molar-refractivity contribution in [3.63, 3.8) is 0 Å². The molecule has 38 heavy (non-hydrogen) atoms. The Labute approximate surface area is 224 Å². The van der Waals surface area contributed by atoms with Crippen LogP contribution in [-0.4, -0.2) is 44.3 Å². The molecule has 0 spiro atoms. The Kier molecular flexibility index (Phi) is 7.81. The minimum absolute atomic E-state index is 0.101. The third-order valence-corrected chi connectivity index (χ3v) is 7.48. The lowest BCUT2D eigenvalue weighted by molar-refractivity contribution is 0.163. The number of methoxy groups -OCH3 is 2. The van der Waals surface area contributed by atoms with Gasteiger partial charge in [-0.3, -0.25) is 9.69 Å². The number of aromatic amines is 1. The van der Waals surface area contributed by atoms with Crippen LogP contribution in [0.5, 0.6) is 11.5 Å². The average molecular weight is 531 g/mol. The number of rotatable bonds is 11. The van der Waals surface area contributed by atoms with Crippen LogP contribution in [0.1, 0.15) is 41.2 Å². The fourth-order valence-electron chi connectivity index (χ4n) is 4.64. The van der Waals surface area contributed by atoms with Crippen molar-refractivity contribution in [1.82, 2.24) is 30.1 Å². The van der Waals surface area contributed by atoms with Gasteiger partial charge in [0.1, 0.15) is 11.5 Å². The molecule has 0 aliphatic heterocycles. The lowest BCUT2D eigenvalue weighted by Gasteiger charge is -2.30. The number of tetrazole rings is 1. The van der Waals surface area contributed by atoms with E-state index >= 15 is 0 Å². The summed E-state index contributed by atoms with van der Waals surface area (Å²) in [4.78, 5) is 19.7. The van der Waals surface area contributed by atoms with Crippen molar-refractivity contribution in [2.75, 3.05) is 14.2 Å². The first-order valence-corrected chi connectivity index (χ1v) is 13.3. The molecule has 0 amide bonds. The van der Waals surface area contributed by atoms with Crippen molar-refractivity contribution in [1.29, 1.82) is 0 Å². The third-order valence-electron chi connectivity index (χ3n) is 6.62. The van der Waals surface area contributed by atoms with Crippen LogP contribution in [0.25, 0.3) is 10.9 Å². The van der Waals surface area contributed by atoms with Gasteiger partial charge >= 0.3 is 0 Å². The molecular weight excluding hydrogens is 500 g/mol. The van der Waals surface area contributed by atoms with Gasteiger partial charge < -0.3 is 14.5 Å². The molecule has 3 aromatic heterocycles. The average Bonchev–Trinajstić information content (AvgIpc) is 3.62. The fourth-order valence-corrected chi connectivity index (χ4v) is 5.37. The summed E-state index contributed by atoms with van der Waals surface area (Å²) in [5.74, 6) is 2.27. The molecule has 0 radical (unpaired) electrons. The smallest absolute Gasteiger partial charge is 0.252 e. The molecule has 2 aromatic carbocycles. The van der Waals surface area contributed by atoms with Gasteiger partial charge in [0.15, 0.2) is 5.82 Å². The number of H-pyrrole nitrogens is 1. The zero-order valence-corrected chi connectivity index (χ0v) is 22.4. The Morgan fingerprint density at radius 1 is 1.03 bits per heavy atom. The number of nitrogens with zero attached hydrogens (tertiary/aromatic N) is 5. The molecule has 10 heteroatoms. The zero-order chi connectivity index (χ0) is 26.5. The molecule has 5 rings (SSSR count). The number of pyridine rings is 1. The molecular formula is C28H30N6O3S. The van der Waals surface area contributed by atoms with Crippen molar-refractivity contribution in [2.24, 2.45) is 0 Å². The number of aromatic nitrogens is 5. The molecule has 0 aliphatic carbocycles. The maximum absolute atomic E-state index is 13.2. The summed E-state index contributed by atoms with van der Waals surface area (Å²) in [7, 11) is 3.27. The molecule has 0 fully saturated rings. The molecule has 1 unspecified atom stereocenters. The maximum atomic E-state index is 13.2. The van der Waals surface area contributed by atoms with Crippen molar-refractivity contribution in [2.45, 2.75) is 39.0 Å². The lowest BCUT2D eigenvalue weighted by Crippen LogP contribution is -2.32. The summed E-state index contributed by atoms with van der Waals surface area (Å²) in [6.07, 6.45) is 0.775. The van der Waals surface area contributed by atoms with E-state index in [-0.39, 0.29) is 11.6 Å². The minimum atomic E-state index is -0.116. The summed E-state index contributed by atoms with van der Waals surface area (Å²) < 4.78 is 12.4. The van der Waals surface area contributed by atoms with Crippen LogP contribution in [0.15, 0.2) is 70.8 Å². The highest BCUT2D eigenvalue weighted by Gasteiger charge is 2.26. The fraction of sp³-hybridized carbons (Fsp3) is 0.286. The van der Waals surface area contributed by atoms with Crippen molar-refractivity contribution < 1.29 is 9.47 Å². The van der Waals surface area contributed by atoms with E-state index in [9.17, 15) is 4.79 Å². The van der Waals surface area contributed by atoms with E-state index in [1.165, 1.54) is 4.88 Å². The minimum Gasteiger partial charge on any atom is -0.497 e. The van der Waals surface area contributed by atoms with E-state index < -0.39 is 0 Å². The van der Waals surface area contributed by atoms with E-state index in [1.807, 2.05) is 59.3 Å². The molecule has 5 aromatic rings. The molecule has 0 saturated carbocycles. The summed E-state index contributed by atoms with van der Waals surface area (Å²) in [6.45, 7) is 3.78. The summed E-state index contributed by atoms with van der Waals surface area (Å²) in [5, 5.41) is 15.8. The van der Waals surface area contributed by atoms with Crippen LogP contribution in [0.2, 0.25) is 0 Å². The predicted molar refractivity (Wildman–Crippen MR) is 148 cm³/mol. The number of hydrogen-bond acceptors (Lipinski definition) is 8. The van der Waals surface area contributed by atoms with Crippen molar-refractivity contribution >= 4 is 22.2 Å². The second kappa shape index (κ2) is 11.6. The van der Waals surface area contributed by atoms with Gasteiger partial charge in [-0.15, -0.1) is 16.4 Å². The number of thiophene rings is 1. The van der Waals surface area contributed by atoms with E-state index in [2.05, 4.69) is 43.8 Å². The van der Waals surface area contributed by atoms with Crippen LogP contribution in [0.3, 0.4) is 0 Å². The number of fused-ring (bicyclic) bond motifs is 1. The van der Waals surface area contributed by atoms with Gasteiger partial charge in [-0.2, -0.15) is 0 Å². The second-order valence-corrected chi connectivity index (χ2v) is 10.1. The van der Waals surface area contributed by atoms with Gasteiger partial charge in [-0.1, -0.05) is 25.1 Å². The third kappa shape index (κ3) is 5.61. The monoisotopic (exact) mass is 530 g/mol. The SMILES string of the molecule is CCC(c1nnnn1Cc1ccc(OC)cc1)N(Cc1cccs1)Cc1cc2ccc(OC)cc2[nH]c1=O. The molecule has 0 aliphatic rings. The quantitative estimate of drug-likeness (QED) is 0.262.